The third-order valence-electron chi connectivity index (χ3n) is 3.09. The predicted molar refractivity (Wildman–Crippen MR) is 67.1 cm³/mol. The van der Waals surface area contributed by atoms with Gasteiger partial charge in [0, 0.05) is 24.8 Å². The Bertz CT molecular complexity index is 499. The molecule has 1 saturated heterocycles. The molecule has 1 heterocycles. The van der Waals surface area contributed by atoms with Gasteiger partial charge in [-0.25, -0.2) is 4.39 Å². The third-order valence-corrected chi connectivity index (χ3v) is 3.09. The molecule has 0 saturated carbocycles. The number of nitrogens with two attached hydrogens (primary N) is 1. The summed E-state index contributed by atoms with van der Waals surface area (Å²) in [5.41, 5.74) is 5.18. The summed E-state index contributed by atoms with van der Waals surface area (Å²) in [4.78, 5) is 23.0. The van der Waals surface area contributed by atoms with E-state index in [2.05, 4.69) is 5.32 Å². The second-order valence-corrected chi connectivity index (χ2v) is 4.43. The molecule has 6 heteroatoms. The van der Waals surface area contributed by atoms with Crippen molar-refractivity contribution in [3.05, 3.63) is 29.6 Å². The van der Waals surface area contributed by atoms with Gasteiger partial charge >= 0.3 is 0 Å². The number of carbonyl (C=O) groups is 2. The number of carbonyl (C=O) groups excluding carboxylic acids is 2. The van der Waals surface area contributed by atoms with Crippen LogP contribution >= 0.6 is 0 Å². The van der Waals surface area contributed by atoms with E-state index in [1.807, 2.05) is 0 Å². The summed E-state index contributed by atoms with van der Waals surface area (Å²) in [7, 11) is 0. The van der Waals surface area contributed by atoms with Crippen LogP contribution in [0.3, 0.4) is 0 Å². The van der Waals surface area contributed by atoms with Gasteiger partial charge in [0.25, 0.3) is 5.91 Å². The molecule has 1 aromatic rings. The van der Waals surface area contributed by atoms with Crippen molar-refractivity contribution in [2.45, 2.75) is 12.8 Å². The lowest BCUT2D eigenvalue weighted by molar-refractivity contribution is -0.122. The van der Waals surface area contributed by atoms with Crippen LogP contribution in [0.25, 0.3) is 0 Å². The first kappa shape index (κ1) is 13.5. The van der Waals surface area contributed by atoms with Gasteiger partial charge in [-0.1, -0.05) is 0 Å². The number of hydrogen-bond acceptors (Lipinski definition) is 3. The minimum atomic E-state index is -0.861. The zero-order valence-electron chi connectivity index (χ0n) is 10.3. The first-order valence-corrected chi connectivity index (χ1v) is 6.06. The van der Waals surface area contributed by atoms with Crippen LogP contribution in [0.4, 0.5) is 10.1 Å². The molecule has 0 radical (unpaired) electrons. The quantitative estimate of drug-likeness (QED) is 0.865. The van der Waals surface area contributed by atoms with Gasteiger partial charge < -0.3 is 15.8 Å². The molecule has 1 aliphatic heterocycles. The summed E-state index contributed by atoms with van der Waals surface area (Å²) >= 11 is 0. The number of nitrogens with one attached hydrogen (secondary N) is 1. The van der Waals surface area contributed by atoms with Crippen LogP contribution in [-0.4, -0.2) is 25.0 Å². The molecule has 0 spiro atoms. The zero-order valence-corrected chi connectivity index (χ0v) is 10.3. The van der Waals surface area contributed by atoms with Gasteiger partial charge in [0.05, 0.1) is 5.56 Å². The van der Waals surface area contributed by atoms with Crippen LogP contribution in [0.1, 0.15) is 23.2 Å². The Balaban J connectivity index is 2.08. The van der Waals surface area contributed by atoms with Gasteiger partial charge in [-0.3, -0.25) is 9.59 Å². The van der Waals surface area contributed by atoms with E-state index in [1.165, 1.54) is 12.1 Å². The number of ether oxygens (including phenoxy) is 1. The van der Waals surface area contributed by atoms with Crippen LogP contribution in [0.15, 0.2) is 18.2 Å². The van der Waals surface area contributed by atoms with E-state index >= 15 is 0 Å². The maximum Gasteiger partial charge on any atom is 0.251 e. The van der Waals surface area contributed by atoms with Crippen molar-refractivity contribution in [2.75, 3.05) is 18.5 Å². The van der Waals surface area contributed by atoms with Gasteiger partial charge in [-0.2, -0.15) is 0 Å². The maximum absolute atomic E-state index is 13.3. The molecular formula is C13H15FN2O3. The van der Waals surface area contributed by atoms with Gasteiger partial charge in [0.15, 0.2) is 0 Å². The SMILES string of the molecule is NC(=O)c1cc(NC(=O)C2CCOCC2)ccc1F. The monoisotopic (exact) mass is 266 g/mol. The molecule has 2 rings (SSSR count). The van der Waals surface area contributed by atoms with Crippen LogP contribution in [0, 0.1) is 11.7 Å². The summed E-state index contributed by atoms with van der Waals surface area (Å²) in [5.74, 6) is -1.82. The number of halogens is 1. The Morgan fingerprint density at radius 1 is 1.32 bits per heavy atom. The number of hydrogen-bond donors (Lipinski definition) is 2. The fourth-order valence-corrected chi connectivity index (χ4v) is 2.00. The standard InChI is InChI=1S/C13H15FN2O3/c14-11-2-1-9(7-10(11)12(15)17)16-13(18)8-3-5-19-6-4-8/h1-2,7-8H,3-6H2,(H2,15,17)(H,16,18). The average Bonchev–Trinajstić information content (AvgIpc) is 2.41. The Morgan fingerprint density at radius 3 is 2.63 bits per heavy atom. The summed E-state index contributed by atoms with van der Waals surface area (Å²) in [6.07, 6.45) is 1.32. The van der Waals surface area contributed by atoms with Crippen molar-refractivity contribution in [1.29, 1.82) is 0 Å². The molecule has 0 atom stereocenters. The smallest absolute Gasteiger partial charge is 0.251 e. The molecule has 3 N–H and O–H groups in total. The Labute approximate surface area is 109 Å². The summed E-state index contributed by atoms with van der Waals surface area (Å²) < 4.78 is 18.5. The lowest BCUT2D eigenvalue weighted by atomic mass is 9.99. The molecule has 0 bridgehead atoms. The minimum Gasteiger partial charge on any atom is -0.381 e. The molecular weight excluding hydrogens is 251 g/mol. The van der Waals surface area contributed by atoms with E-state index in [0.29, 0.717) is 31.7 Å². The van der Waals surface area contributed by atoms with E-state index in [0.717, 1.165) is 6.07 Å². The number of primary amides is 1. The Morgan fingerprint density at radius 2 is 2.00 bits per heavy atom. The first-order chi connectivity index (χ1) is 9.08. The van der Waals surface area contributed by atoms with E-state index < -0.39 is 11.7 Å². The van der Waals surface area contributed by atoms with E-state index in [9.17, 15) is 14.0 Å². The van der Waals surface area contributed by atoms with Crippen molar-refractivity contribution < 1.29 is 18.7 Å². The number of rotatable bonds is 3. The number of amides is 2. The van der Waals surface area contributed by atoms with Gasteiger partial charge in [0.2, 0.25) is 5.91 Å². The van der Waals surface area contributed by atoms with Crippen molar-refractivity contribution in [3.8, 4) is 0 Å². The fraction of sp³-hybridized carbons (Fsp3) is 0.385. The topological polar surface area (TPSA) is 81.4 Å². The molecule has 5 nitrogen and oxygen atoms in total. The highest BCUT2D eigenvalue weighted by molar-refractivity contribution is 5.97. The lowest BCUT2D eigenvalue weighted by Gasteiger charge is -2.21. The van der Waals surface area contributed by atoms with E-state index in [4.69, 9.17) is 10.5 Å². The predicted octanol–water partition coefficient (Wildman–Crippen LogP) is 1.29. The van der Waals surface area contributed by atoms with Crippen LogP contribution in [0.2, 0.25) is 0 Å². The van der Waals surface area contributed by atoms with Crippen LogP contribution < -0.4 is 11.1 Å². The van der Waals surface area contributed by atoms with Crippen molar-refractivity contribution in [2.24, 2.45) is 11.7 Å². The van der Waals surface area contributed by atoms with Crippen molar-refractivity contribution in [3.63, 3.8) is 0 Å². The average molecular weight is 266 g/mol. The largest absolute Gasteiger partial charge is 0.381 e. The fourth-order valence-electron chi connectivity index (χ4n) is 2.00. The van der Waals surface area contributed by atoms with E-state index in [-0.39, 0.29) is 17.4 Å². The van der Waals surface area contributed by atoms with Crippen LogP contribution in [-0.2, 0) is 9.53 Å². The molecule has 0 aliphatic carbocycles. The molecule has 1 aliphatic rings. The van der Waals surface area contributed by atoms with Gasteiger partial charge in [-0.05, 0) is 31.0 Å². The highest BCUT2D eigenvalue weighted by Gasteiger charge is 2.22. The molecule has 0 unspecified atom stereocenters. The van der Waals surface area contributed by atoms with Gasteiger partial charge in [0.1, 0.15) is 5.82 Å². The Kier molecular flexibility index (Phi) is 4.11. The lowest BCUT2D eigenvalue weighted by Crippen LogP contribution is -2.28. The molecule has 0 aromatic heterocycles. The summed E-state index contributed by atoms with van der Waals surface area (Å²) in [6, 6.07) is 3.76. The van der Waals surface area contributed by atoms with Crippen LogP contribution in [0.5, 0.6) is 0 Å². The Hall–Kier alpha value is -1.95. The summed E-state index contributed by atoms with van der Waals surface area (Å²) in [5, 5.41) is 2.67. The van der Waals surface area contributed by atoms with Crippen molar-refractivity contribution in [1.82, 2.24) is 0 Å². The second kappa shape index (κ2) is 5.79. The highest BCUT2D eigenvalue weighted by atomic mass is 19.1. The minimum absolute atomic E-state index is 0.115. The number of benzene rings is 1. The molecule has 2 amide bonds. The van der Waals surface area contributed by atoms with Crippen molar-refractivity contribution >= 4 is 17.5 Å². The third kappa shape index (κ3) is 3.29. The molecule has 102 valence electrons. The molecule has 1 aromatic carbocycles. The molecule has 1 fully saturated rings. The highest BCUT2D eigenvalue weighted by Crippen LogP contribution is 2.19. The summed E-state index contributed by atoms with van der Waals surface area (Å²) in [6.45, 7) is 1.13. The zero-order chi connectivity index (χ0) is 13.8. The normalized spacial score (nSPS) is 16.1. The maximum atomic E-state index is 13.3. The second-order valence-electron chi connectivity index (χ2n) is 4.43. The van der Waals surface area contributed by atoms with Gasteiger partial charge in [-0.15, -0.1) is 0 Å². The first-order valence-electron chi connectivity index (χ1n) is 6.06. The number of anilines is 1. The van der Waals surface area contributed by atoms with E-state index in [1.54, 1.807) is 0 Å². The molecule has 19 heavy (non-hydrogen) atoms.